The lowest BCUT2D eigenvalue weighted by Crippen LogP contribution is -2.38. The van der Waals surface area contributed by atoms with Crippen molar-refractivity contribution in [1.29, 1.82) is 0 Å². The van der Waals surface area contributed by atoms with E-state index in [4.69, 9.17) is 11.6 Å². The Balaban J connectivity index is 2.04. The van der Waals surface area contributed by atoms with Crippen LogP contribution >= 0.6 is 11.6 Å². The third-order valence-corrected chi connectivity index (χ3v) is 4.22. The van der Waals surface area contributed by atoms with Gasteiger partial charge in [0, 0.05) is 17.1 Å². The third kappa shape index (κ3) is 4.47. The van der Waals surface area contributed by atoms with E-state index in [1.165, 1.54) is 24.3 Å². The summed E-state index contributed by atoms with van der Waals surface area (Å²) in [7, 11) is -3.92. The molecule has 0 aromatic heterocycles. The molecule has 0 spiro atoms. The summed E-state index contributed by atoms with van der Waals surface area (Å²) < 4.78 is 26.0. The average Bonchev–Trinajstić information content (AvgIpc) is 2.67. The van der Waals surface area contributed by atoms with Crippen molar-refractivity contribution in [3.8, 4) is 0 Å². The maximum atomic E-state index is 12.0. The number of benzene rings is 1. The van der Waals surface area contributed by atoms with Crippen molar-refractivity contribution in [2.24, 2.45) is 0 Å². The fourth-order valence-electron chi connectivity index (χ4n) is 1.64. The molecule has 0 heterocycles. The van der Waals surface area contributed by atoms with Crippen LogP contribution in [0.3, 0.4) is 0 Å². The summed E-state index contributed by atoms with van der Waals surface area (Å²) in [5.74, 6) is 0. The molecule has 0 bridgehead atoms. The summed E-state index contributed by atoms with van der Waals surface area (Å²) >= 11 is 5.70. The standard InChI is InChI=1S/C14H13ClN2O3S/c15-11-7-9-13(10-8-11)21(19,20)17-14(18)16-12-5-3-1-2-4-6-12/h1-5,7-10H,6H2,(H2,16,17,18). The van der Waals surface area contributed by atoms with Crippen LogP contribution in [-0.4, -0.2) is 14.4 Å². The summed E-state index contributed by atoms with van der Waals surface area (Å²) in [6, 6.07) is 4.73. The van der Waals surface area contributed by atoms with E-state index in [1.54, 1.807) is 12.2 Å². The molecule has 0 saturated heterocycles. The van der Waals surface area contributed by atoms with Crippen LogP contribution < -0.4 is 10.0 Å². The van der Waals surface area contributed by atoms with Crippen LogP contribution in [0.5, 0.6) is 0 Å². The number of amides is 2. The highest BCUT2D eigenvalue weighted by Crippen LogP contribution is 2.13. The molecule has 0 saturated carbocycles. The molecule has 5 nitrogen and oxygen atoms in total. The van der Waals surface area contributed by atoms with Gasteiger partial charge in [-0.3, -0.25) is 0 Å². The number of allylic oxidation sites excluding steroid dienone is 5. The van der Waals surface area contributed by atoms with Crippen molar-refractivity contribution in [2.45, 2.75) is 11.3 Å². The first-order chi connectivity index (χ1) is 9.97. The van der Waals surface area contributed by atoms with E-state index in [0.717, 1.165) is 0 Å². The van der Waals surface area contributed by atoms with Crippen molar-refractivity contribution in [1.82, 2.24) is 10.0 Å². The normalized spacial score (nSPS) is 14.2. The lowest BCUT2D eigenvalue weighted by atomic mass is 10.3. The molecule has 0 atom stereocenters. The first-order valence-electron chi connectivity index (χ1n) is 6.09. The predicted octanol–water partition coefficient (Wildman–Crippen LogP) is 2.73. The van der Waals surface area contributed by atoms with Crippen molar-refractivity contribution in [3.05, 3.63) is 65.4 Å². The molecule has 1 aliphatic carbocycles. The molecule has 1 aromatic carbocycles. The number of urea groups is 1. The quantitative estimate of drug-likeness (QED) is 0.897. The Morgan fingerprint density at radius 1 is 1.10 bits per heavy atom. The minimum Gasteiger partial charge on any atom is -0.311 e. The van der Waals surface area contributed by atoms with Crippen LogP contribution in [-0.2, 0) is 10.0 Å². The summed E-state index contributed by atoms with van der Waals surface area (Å²) in [5.41, 5.74) is 0.601. The largest absolute Gasteiger partial charge is 0.332 e. The van der Waals surface area contributed by atoms with Crippen LogP contribution in [0.2, 0.25) is 5.02 Å². The van der Waals surface area contributed by atoms with Crippen LogP contribution in [0.25, 0.3) is 0 Å². The second-order valence-electron chi connectivity index (χ2n) is 4.22. The average molecular weight is 325 g/mol. The van der Waals surface area contributed by atoms with E-state index in [2.05, 4.69) is 5.32 Å². The highest BCUT2D eigenvalue weighted by molar-refractivity contribution is 7.90. The second-order valence-corrected chi connectivity index (χ2v) is 6.34. The van der Waals surface area contributed by atoms with Gasteiger partial charge in [-0.2, -0.15) is 0 Å². The summed E-state index contributed by atoms with van der Waals surface area (Å²) in [5, 5.41) is 2.92. The van der Waals surface area contributed by atoms with Gasteiger partial charge in [-0.05, 0) is 30.3 Å². The van der Waals surface area contributed by atoms with Gasteiger partial charge in [0.2, 0.25) is 0 Å². The van der Waals surface area contributed by atoms with Crippen LogP contribution in [0.4, 0.5) is 4.79 Å². The fourth-order valence-corrected chi connectivity index (χ4v) is 2.67. The first kappa shape index (κ1) is 15.3. The summed E-state index contributed by atoms with van der Waals surface area (Å²) in [6.07, 6.45) is 9.48. The van der Waals surface area contributed by atoms with Gasteiger partial charge in [-0.15, -0.1) is 0 Å². The fraction of sp³-hybridized carbons (Fsp3) is 0.0714. The molecule has 21 heavy (non-hydrogen) atoms. The number of sulfonamides is 1. The monoisotopic (exact) mass is 324 g/mol. The van der Waals surface area contributed by atoms with Gasteiger partial charge in [0.1, 0.15) is 0 Å². The zero-order chi connectivity index (χ0) is 15.3. The molecule has 0 unspecified atom stereocenters. The zero-order valence-corrected chi connectivity index (χ0v) is 12.5. The van der Waals surface area contributed by atoms with Gasteiger partial charge >= 0.3 is 6.03 Å². The number of rotatable bonds is 3. The molecular weight excluding hydrogens is 312 g/mol. The van der Waals surface area contributed by atoms with Gasteiger partial charge in [-0.25, -0.2) is 17.9 Å². The van der Waals surface area contributed by atoms with Gasteiger partial charge in [0.05, 0.1) is 4.90 Å². The van der Waals surface area contributed by atoms with Crippen LogP contribution in [0.15, 0.2) is 65.2 Å². The van der Waals surface area contributed by atoms with E-state index in [-0.39, 0.29) is 4.90 Å². The Bertz CT molecular complexity index is 719. The predicted molar refractivity (Wildman–Crippen MR) is 81.3 cm³/mol. The van der Waals surface area contributed by atoms with E-state index in [1.807, 2.05) is 23.0 Å². The SMILES string of the molecule is O=C(NC1=CC=CC=CC1)NS(=O)(=O)c1ccc(Cl)cc1. The smallest absolute Gasteiger partial charge is 0.311 e. The van der Waals surface area contributed by atoms with Crippen molar-refractivity contribution < 1.29 is 13.2 Å². The number of halogens is 1. The van der Waals surface area contributed by atoms with Gasteiger partial charge < -0.3 is 5.32 Å². The second kappa shape index (κ2) is 6.60. The maximum absolute atomic E-state index is 12.0. The Morgan fingerprint density at radius 3 is 2.52 bits per heavy atom. The maximum Gasteiger partial charge on any atom is 0.332 e. The molecule has 7 heteroatoms. The van der Waals surface area contributed by atoms with Gasteiger partial charge in [0.15, 0.2) is 0 Å². The zero-order valence-electron chi connectivity index (χ0n) is 10.9. The van der Waals surface area contributed by atoms with E-state index in [0.29, 0.717) is 17.1 Å². The molecule has 0 fully saturated rings. The molecule has 2 N–H and O–H groups in total. The lowest BCUT2D eigenvalue weighted by Gasteiger charge is -2.10. The Labute approximate surface area is 128 Å². The first-order valence-corrected chi connectivity index (χ1v) is 7.95. The van der Waals surface area contributed by atoms with E-state index >= 15 is 0 Å². The number of hydrogen-bond acceptors (Lipinski definition) is 3. The van der Waals surface area contributed by atoms with Crippen molar-refractivity contribution in [2.75, 3.05) is 0 Å². The van der Waals surface area contributed by atoms with Crippen molar-refractivity contribution in [3.63, 3.8) is 0 Å². The Morgan fingerprint density at radius 2 is 1.81 bits per heavy atom. The molecule has 1 aromatic rings. The van der Waals surface area contributed by atoms with Crippen molar-refractivity contribution >= 4 is 27.7 Å². The summed E-state index contributed by atoms with van der Waals surface area (Å²) in [6.45, 7) is 0. The highest BCUT2D eigenvalue weighted by Gasteiger charge is 2.17. The molecule has 2 rings (SSSR count). The topological polar surface area (TPSA) is 75.3 Å². The molecule has 0 radical (unpaired) electrons. The van der Waals surface area contributed by atoms with E-state index < -0.39 is 16.1 Å². The Kier molecular flexibility index (Phi) is 4.82. The molecular formula is C14H13ClN2O3S. The number of carbonyl (C=O) groups excluding carboxylic acids is 1. The van der Waals surface area contributed by atoms with E-state index in [9.17, 15) is 13.2 Å². The molecule has 0 aliphatic heterocycles. The van der Waals surface area contributed by atoms with Crippen LogP contribution in [0.1, 0.15) is 6.42 Å². The Hall–Kier alpha value is -2.05. The van der Waals surface area contributed by atoms with Gasteiger partial charge in [0.25, 0.3) is 10.0 Å². The molecule has 110 valence electrons. The van der Waals surface area contributed by atoms with Crippen LogP contribution in [0, 0.1) is 0 Å². The minimum absolute atomic E-state index is 0.0308. The van der Waals surface area contributed by atoms with Gasteiger partial charge in [-0.1, -0.05) is 35.9 Å². The number of hydrogen-bond donors (Lipinski definition) is 2. The lowest BCUT2D eigenvalue weighted by molar-refractivity contribution is 0.248. The summed E-state index contributed by atoms with van der Waals surface area (Å²) in [4.78, 5) is 11.7. The third-order valence-electron chi connectivity index (χ3n) is 2.62. The number of nitrogens with one attached hydrogen (secondary N) is 2. The number of carbonyl (C=O) groups is 1. The minimum atomic E-state index is -3.92. The highest BCUT2D eigenvalue weighted by atomic mass is 35.5. The molecule has 1 aliphatic rings. The molecule has 2 amide bonds.